The Balaban J connectivity index is 1.44. The van der Waals surface area contributed by atoms with Crippen molar-refractivity contribution in [2.24, 2.45) is 0 Å². The molecule has 0 unspecified atom stereocenters. The van der Waals surface area contributed by atoms with E-state index in [0.29, 0.717) is 57.0 Å². The number of hydrogen-bond donors (Lipinski definition) is 3. The molecule has 3 N–H and O–H groups in total. The van der Waals surface area contributed by atoms with E-state index in [-0.39, 0.29) is 23.3 Å². The lowest BCUT2D eigenvalue weighted by Gasteiger charge is -2.19. The Morgan fingerprint density at radius 2 is 1.78 bits per heavy atom. The summed E-state index contributed by atoms with van der Waals surface area (Å²) < 4.78 is 59.0. The first-order valence-electron chi connectivity index (χ1n) is 13.9. The van der Waals surface area contributed by atoms with Gasteiger partial charge >= 0.3 is 6.36 Å². The van der Waals surface area contributed by atoms with Gasteiger partial charge in [0.1, 0.15) is 5.75 Å². The molecule has 5 rings (SSSR count). The van der Waals surface area contributed by atoms with Gasteiger partial charge in [-0.3, -0.25) is 14.4 Å². The highest BCUT2D eigenvalue weighted by Crippen LogP contribution is 2.50. The number of aryl methyl sites for hydroxylation is 1. The zero-order valence-corrected chi connectivity index (χ0v) is 25.9. The quantitative estimate of drug-likeness (QED) is 0.215. The van der Waals surface area contributed by atoms with Gasteiger partial charge in [-0.15, -0.1) is 13.2 Å². The van der Waals surface area contributed by atoms with Crippen LogP contribution in [0.4, 0.5) is 24.0 Å². The van der Waals surface area contributed by atoms with Crippen molar-refractivity contribution in [2.45, 2.75) is 32.2 Å². The number of amides is 2. The zero-order valence-electron chi connectivity index (χ0n) is 25.1. The van der Waals surface area contributed by atoms with Crippen molar-refractivity contribution in [1.82, 2.24) is 10.3 Å². The summed E-state index contributed by atoms with van der Waals surface area (Å²) in [7, 11) is 4.51. The summed E-state index contributed by atoms with van der Waals surface area (Å²) in [6.45, 7) is 1.08. The molecule has 1 atom stereocenters. The summed E-state index contributed by atoms with van der Waals surface area (Å²) in [5.41, 5.74) is 2.80. The third-order valence-corrected chi connectivity index (χ3v) is 8.13. The van der Waals surface area contributed by atoms with E-state index in [2.05, 4.69) is 25.7 Å². The van der Waals surface area contributed by atoms with E-state index in [1.807, 2.05) is 6.07 Å². The number of carbonyl (C=O) groups excluding carboxylic acids is 2. The maximum Gasteiger partial charge on any atom is 0.573 e. The van der Waals surface area contributed by atoms with Gasteiger partial charge < -0.3 is 34.9 Å². The summed E-state index contributed by atoms with van der Waals surface area (Å²) in [5, 5.41) is 8.54. The Morgan fingerprint density at radius 3 is 2.46 bits per heavy atom. The Bertz CT molecular complexity index is 1880. The second-order valence-corrected chi connectivity index (χ2v) is 11.2. The molecular weight excluding hydrogens is 629 g/mol. The molecule has 1 aliphatic carbocycles. The lowest BCUT2D eigenvalue weighted by Crippen LogP contribution is -2.27. The van der Waals surface area contributed by atoms with Gasteiger partial charge in [-0.2, -0.15) is 0 Å². The topological polar surface area (TPSA) is 137 Å². The number of thiazole rings is 1. The second kappa shape index (κ2) is 13.1. The van der Waals surface area contributed by atoms with Gasteiger partial charge in [0.2, 0.25) is 23.0 Å². The molecule has 1 heterocycles. The highest BCUT2D eigenvalue weighted by atomic mass is 32.1. The van der Waals surface area contributed by atoms with Crippen LogP contribution in [0, 0.1) is 0 Å². The smallest absolute Gasteiger partial charge is 0.493 e. The first-order valence-corrected chi connectivity index (χ1v) is 14.7. The predicted molar refractivity (Wildman–Crippen MR) is 166 cm³/mol. The Kier molecular flexibility index (Phi) is 9.23. The van der Waals surface area contributed by atoms with Gasteiger partial charge in [0.25, 0.3) is 0 Å². The van der Waals surface area contributed by atoms with E-state index < -0.39 is 29.5 Å². The number of halogens is 3. The fourth-order valence-electron chi connectivity index (χ4n) is 5.35. The molecule has 0 saturated carbocycles. The number of methoxy groups -OCH3 is 3. The number of carbonyl (C=O) groups is 2. The number of rotatable bonds is 9. The van der Waals surface area contributed by atoms with Crippen LogP contribution in [0.5, 0.6) is 23.0 Å². The van der Waals surface area contributed by atoms with Crippen molar-refractivity contribution in [3.8, 4) is 34.1 Å². The summed E-state index contributed by atoms with van der Waals surface area (Å²) in [6, 6.07) is 9.70. The maximum atomic E-state index is 13.5. The van der Waals surface area contributed by atoms with E-state index in [1.54, 1.807) is 12.1 Å². The van der Waals surface area contributed by atoms with Crippen molar-refractivity contribution >= 4 is 44.2 Å². The monoisotopic (exact) mass is 658 g/mol. The molecule has 15 heteroatoms. The third-order valence-electron chi connectivity index (χ3n) is 7.20. The molecule has 1 aliphatic rings. The number of anilines is 2. The van der Waals surface area contributed by atoms with Crippen LogP contribution in [-0.2, 0) is 16.0 Å². The van der Waals surface area contributed by atoms with Crippen molar-refractivity contribution in [1.29, 1.82) is 0 Å². The lowest BCUT2D eigenvalue weighted by atomic mass is 9.95. The van der Waals surface area contributed by atoms with Crippen molar-refractivity contribution in [3.05, 3.63) is 63.8 Å². The minimum atomic E-state index is -4.84. The first-order chi connectivity index (χ1) is 21.9. The SMILES string of the molecule is COc1cc2c(c(OC)c1OC)-c1ccc(NCC(=O)Nc3nc4ccc(OC(F)(F)F)cc4s3)c(=O)cc1[C@@H](NC(C)=O)CC2. The number of benzene rings is 2. The second-order valence-electron chi connectivity index (χ2n) is 10.2. The molecule has 0 radical (unpaired) electrons. The van der Waals surface area contributed by atoms with Gasteiger partial charge in [0, 0.05) is 18.6 Å². The number of nitrogens with one attached hydrogen (secondary N) is 3. The van der Waals surface area contributed by atoms with Crippen LogP contribution < -0.4 is 40.3 Å². The van der Waals surface area contributed by atoms with Crippen LogP contribution in [0.2, 0.25) is 0 Å². The summed E-state index contributed by atoms with van der Waals surface area (Å²) in [5.74, 6) is 0.0341. The number of nitrogens with zero attached hydrogens (tertiary/aromatic N) is 1. The van der Waals surface area contributed by atoms with Gasteiger partial charge in [-0.1, -0.05) is 17.4 Å². The third kappa shape index (κ3) is 6.93. The lowest BCUT2D eigenvalue weighted by molar-refractivity contribution is -0.274. The number of hydrogen-bond acceptors (Lipinski definition) is 10. The van der Waals surface area contributed by atoms with Crippen molar-refractivity contribution in [3.63, 3.8) is 0 Å². The molecule has 0 saturated heterocycles. The minimum absolute atomic E-state index is 0.115. The minimum Gasteiger partial charge on any atom is -0.493 e. The summed E-state index contributed by atoms with van der Waals surface area (Å²) in [6.07, 6.45) is -3.81. The van der Waals surface area contributed by atoms with Crippen LogP contribution in [0.15, 0.2) is 47.3 Å². The van der Waals surface area contributed by atoms with Crippen LogP contribution in [0.25, 0.3) is 21.3 Å². The van der Waals surface area contributed by atoms with E-state index in [9.17, 15) is 27.6 Å². The highest BCUT2D eigenvalue weighted by molar-refractivity contribution is 7.22. The molecule has 0 bridgehead atoms. The van der Waals surface area contributed by atoms with Crippen molar-refractivity contribution < 1.29 is 41.7 Å². The van der Waals surface area contributed by atoms with Gasteiger partial charge in [0.05, 0.1) is 49.8 Å². The molecule has 242 valence electrons. The fraction of sp³-hybridized carbons (Fsp3) is 0.290. The van der Waals surface area contributed by atoms with Crippen LogP contribution in [0.1, 0.15) is 30.5 Å². The normalized spacial score (nSPS) is 13.9. The molecule has 1 aromatic heterocycles. The molecule has 4 aromatic rings. The van der Waals surface area contributed by atoms with Crippen LogP contribution in [-0.4, -0.2) is 51.0 Å². The molecular formula is C31H29F3N4O7S. The number of aromatic nitrogens is 1. The Hall–Kier alpha value is -5.05. The van der Waals surface area contributed by atoms with Crippen LogP contribution >= 0.6 is 11.3 Å². The summed E-state index contributed by atoms with van der Waals surface area (Å²) >= 11 is 0.970. The predicted octanol–water partition coefficient (Wildman–Crippen LogP) is 5.42. The maximum absolute atomic E-state index is 13.5. The largest absolute Gasteiger partial charge is 0.573 e. The van der Waals surface area contributed by atoms with Gasteiger partial charge in [0.15, 0.2) is 16.6 Å². The fourth-order valence-corrected chi connectivity index (χ4v) is 6.26. The average molecular weight is 659 g/mol. The molecule has 3 aromatic carbocycles. The molecule has 2 amide bonds. The van der Waals surface area contributed by atoms with Gasteiger partial charge in [-0.25, -0.2) is 4.98 Å². The highest BCUT2D eigenvalue weighted by Gasteiger charge is 2.32. The number of alkyl halides is 3. The Labute approximate surface area is 264 Å². The van der Waals surface area contributed by atoms with Crippen LogP contribution in [0.3, 0.4) is 0 Å². The van der Waals surface area contributed by atoms with Gasteiger partial charge in [-0.05, 0) is 59.9 Å². The number of fused-ring (bicyclic) bond motifs is 4. The number of ether oxygens (including phenoxy) is 4. The summed E-state index contributed by atoms with van der Waals surface area (Å²) in [4.78, 5) is 42.6. The molecule has 0 spiro atoms. The van der Waals surface area contributed by atoms with Crippen molar-refractivity contribution in [2.75, 3.05) is 38.5 Å². The van der Waals surface area contributed by atoms with E-state index in [4.69, 9.17) is 14.2 Å². The average Bonchev–Trinajstić information content (AvgIpc) is 3.23. The Morgan fingerprint density at radius 1 is 1.02 bits per heavy atom. The van der Waals surface area contributed by atoms with E-state index in [1.165, 1.54) is 46.5 Å². The first kappa shape index (κ1) is 32.3. The van der Waals surface area contributed by atoms with E-state index >= 15 is 0 Å². The molecule has 11 nitrogen and oxygen atoms in total. The standard InChI is InChI=1S/C31H29F3N4O7S/c1-15(39)36-20-8-5-16-11-24(42-2)28(43-3)29(44-4)27(16)18-7-10-21(23(40)13-19(18)20)35-14-26(41)38-30-37-22-9-6-17(12-25(22)46-30)45-31(32,33)34/h6-7,9-13,20H,5,8,14H2,1-4H3,(H,35,40)(H,36,39)(H,37,38,41)/t20-/m0/s1. The molecule has 0 aliphatic heterocycles. The molecule has 0 fully saturated rings. The zero-order chi connectivity index (χ0) is 33.2. The van der Waals surface area contributed by atoms with E-state index in [0.717, 1.165) is 23.0 Å². The molecule has 46 heavy (non-hydrogen) atoms.